The summed E-state index contributed by atoms with van der Waals surface area (Å²) in [4.78, 5) is 11.8. The lowest BCUT2D eigenvalue weighted by atomic mass is 10.1. The zero-order valence-corrected chi connectivity index (χ0v) is 10.9. The third-order valence-electron chi connectivity index (χ3n) is 2.98. The monoisotopic (exact) mass is 234 g/mol. The van der Waals surface area contributed by atoms with Crippen LogP contribution in [0, 0.1) is 6.92 Å². The van der Waals surface area contributed by atoms with Gasteiger partial charge in [-0.2, -0.15) is 0 Å². The Morgan fingerprint density at radius 1 is 1.41 bits per heavy atom. The van der Waals surface area contributed by atoms with Crippen LogP contribution in [-0.2, 0) is 11.2 Å². The number of nitrogens with two attached hydrogens (primary N) is 1. The number of aryl methyl sites for hydroxylation is 2. The topological polar surface area (TPSA) is 55.1 Å². The maximum Gasteiger partial charge on any atom is 0.225 e. The van der Waals surface area contributed by atoms with Crippen LogP contribution in [0.5, 0.6) is 0 Å². The second-order valence-electron chi connectivity index (χ2n) is 4.38. The number of hydrogen-bond acceptors (Lipinski definition) is 2. The van der Waals surface area contributed by atoms with Crippen LogP contribution in [0.25, 0.3) is 0 Å². The molecule has 1 rings (SSSR count). The zero-order chi connectivity index (χ0) is 12.8. The summed E-state index contributed by atoms with van der Waals surface area (Å²) in [6, 6.07) is 6.02. The predicted molar refractivity (Wildman–Crippen MR) is 72.1 cm³/mol. The predicted octanol–water partition coefficient (Wildman–Crippen LogP) is 2.62. The number of anilines is 1. The van der Waals surface area contributed by atoms with Gasteiger partial charge in [-0.05, 0) is 30.9 Å². The summed E-state index contributed by atoms with van der Waals surface area (Å²) in [5.74, 6) is 0.00310. The Morgan fingerprint density at radius 2 is 2.12 bits per heavy atom. The summed E-state index contributed by atoms with van der Waals surface area (Å²) in [6.45, 7) is 6.08. The van der Waals surface area contributed by atoms with E-state index >= 15 is 0 Å². The minimum atomic E-state index is -0.0518. The van der Waals surface area contributed by atoms with Gasteiger partial charge < -0.3 is 11.1 Å². The number of rotatable bonds is 5. The first-order valence-electron chi connectivity index (χ1n) is 6.22. The van der Waals surface area contributed by atoms with Gasteiger partial charge in [0.15, 0.2) is 0 Å². The van der Waals surface area contributed by atoms with Gasteiger partial charge in [0.1, 0.15) is 0 Å². The van der Waals surface area contributed by atoms with E-state index in [0.29, 0.717) is 6.42 Å². The molecule has 0 aromatic heterocycles. The Morgan fingerprint density at radius 3 is 2.71 bits per heavy atom. The van der Waals surface area contributed by atoms with E-state index in [1.807, 2.05) is 32.0 Å². The van der Waals surface area contributed by atoms with Crippen LogP contribution >= 0.6 is 0 Å². The number of amides is 1. The molecule has 0 fully saturated rings. The normalized spacial score (nSPS) is 12.2. The number of carbonyl (C=O) groups excluding carboxylic acids is 1. The van der Waals surface area contributed by atoms with Crippen LogP contribution in [0.4, 0.5) is 5.69 Å². The molecule has 3 heteroatoms. The average Bonchev–Trinajstić information content (AvgIpc) is 2.31. The number of nitrogens with one attached hydrogen (secondary N) is 1. The summed E-state index contributed by atoms with van der Waals surface area (Å²) >= 11 is 0. The molecule has 0 aliphatic rings. The average molecular weight is 234 g/mol. The minimum Gasteiger partial charge on any atom is -0.327 e. The van der Waals surface area contributed by atoms with Crippen LogP contribution in [-0.4, -0.2) is 11.9 Å². The molecule has 3 nitrogen and oxygen atoms in total. The molecule has 17 heavy (non-hydrogen) atoms. The van der Waals surface area contributed by atoms with Crippen LogP contribution in [0.15, 0.2) is 18.2 Å². The van der Waals surface area contributed by atoms with E-state index in [1.165, 1.54) is 5.56 Å². The minimum absolute atomic E-state index is 0.00310. The van der Waals surface area contributed by atoms with Crippen molar-refractivity contribution >= 4 is 11.6 Å². The fraction of sp³-hybridized carbons (Fsp3) is 0.500. The highest BCUT2D eigenvalue weighted by Gasteiger charge is 2.11. The molecule has 1 aromatic rings. The van der Waals surface area contributed by atoms with Crippen LogP contribution in [0.1, 0.15) is 37.8 Å². The molecule has 0 aliphatic heterocycles. The molecule has 0 saturated carbocycles. The quantitative estimate of drug-likeness (QED) is 0.823. The van der Waals surface area contributed by atoms with Gasteiger partial charge in [0.05, 0.1) is 0 Å². The van der Waals surface area contributed by atoms with E-state index in [1.54, 1.807) is 0 Å². The van der Waals surface area contributed by atoms with Crippen molar-refractivity contribution in [2.75, 3.05) is 5.32 Å². The fourth-order valence-electron chi connectivity index (χ4n) is 1.77. The lowest BCUT2D eigenvalue weighted by molar-refractivity contribution is -0.116. The van der Waals surface area contributed by atoms with Crippen molar-refractivity contribution < 1.29 is 4.79 Å². The number of hydrogen-bond donors (Lipinski definition) is 2. The smallest absolute Gasteiger partial charge is 0.225 e. The molecule has 0 radical (unpaired) electrons. The summed E-state index contributed by atoms with van der Waals surface area (Å²) in [7, 11) is 0. The van der Waals surface area contributed by atoms with Crippen molar-refractivity contribution in [3.05, 3.63) is 29.3 Å². The SMILES string of the molecule is CCc1cccc(C)c1NC(=O)CC(N)CC. The van der Waals surface area contributed by atoms with Gasteiger partial charge in [-0.25, -0.2) is 0 Å². The summed E-state index contributed by atoms with van der Waals surface area (Å²) in [5.41, 5.74) is 8.99. The number of benzene rings is 1. The molecule has 1 aromatic carbocycles. The summed E-state index contributed by atoms with van der Waals surface area (Å²) in [6.07, 6.45) is 2.12. The van der Waals surface area contributed by atoms with E-state index in [4.69, 9.17) is 5.73 Å². The Labute approximate surface area is 103 Å². The molecule has 0 bridgehead atoms. The fourth-order valence-corrected chi connectivity index (χ4v) is 1.77. The molecule has 1 unspecified atom stereocenters. The van der Waals surface area contributed by atoms with Gasteiger partial charge in [-0.15, -0.1) is 0 Å². The largest absolute Gasteiger partial charge is 0.327 e. The Hall–Kier alpha value is -1.35. The maximum absolute atomic E-state index is 11.8. The van der Waals surface area contributed by atoms with Gasteiger partial charge >= 0.3 is 0 Å². The number of para-hydroxylation sites is 1. The van der Waals surface area contributed by atoms with Crippen molar-refractivity contribution in [2.45, 2.75) is 46.1 Å². The standard InChI is InChI=1S/C14H22N2O/c1-4-11-8-6-7-10(3)14(11)16-13(17)9-12(15)5-2/h6-8,12H,4-5,9,15H2,1-3H3,(H,16,17). The first-order valence-corrected chi connectivity index (χ1v) is 6.22. The van der Waals surface area contributed by atoms with Gasteiger partial charge in [0.2, 0.25) is 5.91 Å². The van der Waals surface area contributed by atoms with Crippen molar-refractivity contribution in [2.24, 2.45) is 5.73 Å². The molecule has 0 spiro atoms. The highest BCUT2D eigenvalue weighted by atomic mass is 16.1. The molecule has 3 N–H and O–H groups in total. The first-order chi connectivity index (χ1) is 8.08. The number of carbonyl (C=O) groups is 1. The highest BCUT2D eigenvalue weighted by Crippen LogP contribution is 2.21. The van der Waals surface area contributed by atoms with Gasteiger partial charge in [0, 0.05) is 18.2 Å². The van der Waals surface area contributed by atoms with Crippen molar-refractivity contribution in [3.8, 4) is 0 Å². The van der Waals surface area contributed by atoms with Crippen LogP contribution in [0.2, 0.25) is 0 Å². The van der Waals surface area contributed by atoms with Crippen LogP contribution < -0.4 is 11.1 Å². The molecule has 0 saturated heterocycles. The highest BCUT2D eigenvalue weighted by molar-refractivity contribution is 5.92. The molecular weight excluding hydrogens is 212 g/mol. The third-order valence-corrected chi connectivity index (χ3v) is 2.98. The first kappa shape index (κ1) is 13.7. The zero-order valence-electron chi connectivity index (χ0n) is 10.9. The molecule has 0 aliphatic carbocycles. The Balaban J connectivity index is 2.77. The molecular formula is C14H22N2O. The van der Waals surface area contributed by atoms with E-state index < -0.39 is 0 Å². The lowest BCUT2D eigenvalue weighted by Gasteiger charge is -2.14. The van der Waals surface area contributed by atoms with Gasteiger partial charge in [0.25, 0.3) is 0 Å². The van der Waals surface area contributed by atoms with E-state index in [9.17, 15) is 4.79 Å². The third kappa shape index (κ3) is 3.86. The summed E-state index contributed by atoms with van der Waals surface area (Å²) in [5, 5.41) is 2.98. The second-order valence-corrected chi connectivity index (χ2v) is 4.38. The van der Waals surface area contributed by atoms with Crippen molar-refractivity contribution in [1.29, 1.82) is 0 Å². The van der Waals surface area contributed by atoms with E-state index in [2.05, 4.69) is 12.2 Å². The molecule has 94 valence electrons. The lowest BCUT2D eigenvalue weighted by Crippen LogP contribution is -2.26. The van der Waals surface area contributed by atoms with Crippen molar-refractivity contribution in [1.82, 2.24) is 0 Å². The summed E-state index contributed by atoms with van der Waals surface area (Å²) < 4.78 is 0. The Kier molecular flexibility index (Phi) is 5.16. The van der Waals surface area contributed by atoms with Gasteiger partial charge in [-0.3, -0.25) is 4.79 Å². The molecule has 1 amide bonds. The van der Waals surface area contributed by atoms with Crippen LogP contribution in [0.3, 0.4) is 0 Å². The Bertz CT molecular complexity index is 388. The molecule has 0 heterocycles. The second kappa shape index (κ2) is 6.40. The van der Waals surface area contributed by atoms with E-state index in [-0.39, 0.29) is 11.9 Å². The maximum atomic E-state index is 11.8. The molecule has 1 atom stereocenters. The van der Waals surface area contributed by atoms with Gasteiger partial charge in [-0.1, -0.05) is 32.0 Å². The van der Waals surface area contributed by atoms with E-state index in [0.717, 1.165) is 24.1 Å². The van der Waals surface area contributed by atoms with Crippen molar-refractivity contribution in [3.63, 3.8) is 0 Å².